The largest absolute Gasteiger partial charge is 0.385 e. The molecule has 1 aromatic rings. The van der Waals surface area contributed by atoms with Crippen LogP contribution in [0.5, 0.6) is 0 Å². The third-order valence-electron chi connectivity index (χ3n) is 10.6. The van der Waals surface area contributed by atoms with E-state index < -0.39 is 0 Å². The summed E-state index contributed by atoms with van der Waals surface area (Å²) in [6.07, 6.45) is 25.9. The van der Waals surface area contributed by atoms with E-state index in [2.05, 4.69) is 24.3 Å². The van der Waals surface area contributed by atoms with Crippen LogP contribution in [0.4, 0.5) is 4.39 Å². The molecule has 3 aliphatic carbocycles. The van der Waals surface area contributed by atoms with Crippen molar-refractivity contribution in [2.24, 2.45) is 29.6 Å². The standard InChI is InChI=1S/C34H55FO/c1-36-26-5-4-9-32-8-2-3-10-34(32)33-23-17-29(18-24-33)12-11-28-15-21-31(22-16-28)30-19-13-27(14-20-30)7-6-25-35/h2-3,8,10,27-31,33H,4-7,9,11-26H2,1H3/t27-,28-,29-,30-,31-,33-. The van der Waals surface area contributed by atoms with Gasteiger partial charge in [0.2, 0.25) is 0 Å². The molecule has 0 saturated heterocycles. The summed E-state index contributed by atoms with van der Waals surface area (Å²) in [5.74, 6) is 5.61. The van der Waals surface area contributed by atoms with Crippen molar-refractivity contribution < 1.29 is 9.13 Å². The minimum Gasteiger partial charge on any atom is -0.385 e. The van der Waals surface area contributed by atoms with E-state index in [1.54, 1.807) is 11.1 Å². The van der Waals surface area contributed by atoms with E-state index in [0.717, 1.165) is 55.0 Å². The zero-order chi connectivity index (χ0) is 25.0. The summed E-state index contributed by atoms with van der Waals surface area (Å²) in [6, 6.07) is 9.29. The third-order valence-corrected chi connectivity index (χ3v) is 10.6. The quantitative estimate of drug-likeness (QED) is 0.246. The molecule has 4 rings (SSSR count). The van der Waals surface area contributed by atoms with E-state index in [-0.39, 0.29) is 6.67 Å². The molecule has 1 nitrogen and oxygen atoms in total. The lowest BCUT2D eigenvalue weighted by molar-refractivity contribution is 0.136. The van der Waals surface area contributed by atoms with Gasteiger partial charge in [0.25, 0.3) is 0 Å². The number of halogens is 1. The molecule has 3 fully saturated rings. The molecule has 0 aromatic heterocycles. The lowest BCUT2D eigenvalue weighted by Gasteiger charge is -2.38. The molecule has 3 aliphatic rings. The maximum absolute atomic E-state index is 12.5. The average molecular weight is 499 g/mol. The summed E-state index contributed by atoms with van der Waals surface area (Å²) in [5.41, 5.74) is 3.25. The van der Waals surface area contributed by atoms with Gasteiger partial charge < -0.3 is 4.74 Å². The number of hydrogen-bond donors (Lipinski definition) is 0. The Morgan fingerprint density at radius 1 is 0.667 bits per heavy atom. The summed E-state index contributed by atoms with van der Waals surface area (Å²) in [5, 5.41) is 0. The van der Waals surface area contributed by atoms with Gasteiger partial charge in [-0.25, -0.2) is 0 Å². The van der Waals surface area contributed by atoms with Crippen molar-refractivity contribution in [2.75, 3.05) is 20.4 Å². The second-order valence-electron chi connectivity index (χ2n) is 12.8. The smallest absolute Gasteiger partial charge is 0.0894 e. The lowest BCUT2D eigenvalue weighted by atomic mass is 9.68. The van der Waals surface area contributed by atoms with Gasteiger partial charge in [-0.1, -0.05) is 62.8 Å². The van der Waals surface area contributed by atoms with Crippen molar-refractivity contribution >= 4 is 0 Å². The molecule has 36 heavy (non-hydrogen) atoms. The third kappa shape index (κ3) is 8.57. The van der Waals surface area contributed by atoms with Gasteiger partial charge in [-0.3, -0.25) is 4.39 Å². The Bertz CT molecular complexity index is 708. The highest BCUT2D eigenvalue weighted by Gasteiger charge is 2.31. The van der Waals surface area contributed by atoms with E-state index in [4.69, 9.17) is 4.74 Å². The summed E-state index contributed by atoms with van der Waals surface area (Å²) < 4.78 is 17.7. The molecule has 0 radical (unpaired) electrons. The number of hydrogen-bond acceptors (Lipinski definition) is 1. The van der Waals surface area contributed by atoms with Crippen molar-refractivity contribution in [3.63, 3.8) is 0 Å². The molecule has 0 bridgehead atoms. The van der Waals surface area contributed by atoms with Gasteiger partial charge in [-0.05, 0) is 130 Å². The van der Waals surface area contributed by atoms with Crippen molar-refractivity contribution in [3.05, 3.63) is 35.4 Å². The van der Waals surface area contributed by atoms with E-state index in [0.29, 0.717) is 0 Å². The van der Waals surface area contributed by atoms with Gasteiger partial charge in [0.1, 0.15) is 0 Å². The first-order chi connectivity index (χ1) is 17.8. The minimum atomic E-state index is -0.116. The first-order valence-electron chi connectivity index (χ1n) is 15.9. The topological polar surface area (TPSA) is 9.23 Å². The van der Waals surface area contributed by atoms with E-state index in [9.17, 15) is 4.39 Å². The van der Waals surface area contributed by atoms with Crippen LogP contribution in [0.3, 0.4) is 0 Å². The molecule has 2 heteroatoms. The predicted octanol–water partition coefficient (Wildman–Crippen LogP) is 10.1. The average Bonchev–Trinajstić information content (AvgIpc) is 2.94. The Hall–Kier alpha value is -0.890. The molecule has 0 aliphatic heterocycles. The Kier molecular flexibility index (Phi) is 12.1. The highest BCUT2D eigenvalue weighted by Crippen LogP contribution is 2.44. The fourth-order valence-corrected chi connectivity index (χ4v) is 8.22. The number of alkyl halides is 1. The highest BCUT2D eigenvalue weighted by atomic mass is 19.1. The van der Waals surface area contributed by atoms with Gasteiger partial charge in [0.05, 0.1) is 6.67 Å². The van der Waals surface area contributed by atoms with Crippen LogP contribution in [0.2, 0.25) is 0 Å². The fourth-order valence-electron chi connectivity index (χ4n) is 8.22. The Morgan fingerprint density at radius 2 is 1.22 bits per heavy atom. The van der Waals surface area contributed by atoms with Crippen molar-refractivity contribution in [1.29, 1.82) is 0 Å². The van der Waals surface area contributed by atoms with Crippen molar-refractivity contribution in [1.82, 2.24) is 0 Å². The molecule has 0 spiro atoms. The van der Waals surface area contributed by atoms with Crippen LogP contribution in [-0.2, 0) is 11.2 Å². The van der Waals surface area contributed by atoms with E-state index in [1.807, 2.05) is 7.11 Å². The van der Waals surface area contributed by atoms with Crippen LogP contribution >= 0.6 is 0 Å². The first kappa shape index (κ1) is 28.1. The number of aryl methyl sites for hydroxylation is 1. The molecule has 1 aromatic carbocycles. The zero-order valence-electron chi connectivity index (χ0n) is 23.4. The fraction of sp³-hybridized carbons (Fsp3) is 0.824. The Morgan fingerprint density at radius 3 is 1.81 bits per heavy atom. The summed E-state index contributed by atoms with van der Waals surface area (Å²) in [7, 11) is 1.81. The number of rotatable bonds is 13. The molecule has 3 saturated carbocycles. The van der Waals surface area contributed by atoms with Gasteiger partial charge in [0, 0.05) is 13.7 Å². The second-order valence-corrected chi connectivity index (χ2v) is 12.8. The van der Waals surface area contributed by atoms with Gasteiger partial charge >= 0.3 is 0 Å². The Balaban J connectivity index is 1.11. The van der Waals surface area contributed by atoms with Crippen LogP contribution < -0.4 is 0 Å². The predicted molar refractivity (Wildman–Crippen MR) is 151 cm³/mol. The zero-order valence-corrected chi connectivity index (χ0v) is 23.4. The van der Waals surface area contributed by atoms with Crippen LogP contribution in [0.25, 0.3) is 0 Å². The van der Waals surface area contributed by atoms with E-state index >= 15 is 0 Å². The molecule has 204 valence electrons. The Labute approximate surface area is 222 Å². The normalized spacial score (nSPS) is 31.4. The van der Waals surface area contributed by atoms with Crippen LogP contribution in [0.15, 0.2) is 24.3 Å². The van der Waals surface area contributed by atoms with Crippen molar-refractivity contribution in [2.45, 2.75) is 128 Å². The van der Waals surface area contributed by atoms with Gasteiger partial charge in [-0.15, -0.1) is 0 Å². The number of unbranched alkanes of at least 4 members (excludes halogenated alkanes) is 1. The molecular formula is C34H55FO. The number of benzene rings is 1. The summed E-state index contributed by atoms with van der Waals surface area (Å²) >= 11 is 0. The van der Waals surface area contributed by atoms with Crippen LogP contribution in [0.1, 0.15) is 133 Å². The minimum absolute atomic E-state index is 0.116. The monoisotopic (exact) mass is 498 g/mol. The molecule has 0 N–H and O–H groups in total. The molecule has 0 atom stereocenters. The summed E-state index contributed by atoms with van der Waals surface area (Å²) in [4.78, 5) is 0. The maximum atomic E-state index is 12.5. The number of methoxy groups -OCH3 is 1. The highest BCUT2D eigenvalue weighted by molar-refractivity contribution is 5.31. The number of ether oxygens (including phenoxy) is 1. The molecular weight excluding hydrogens is 443 g/mol. The molecule has 0 heterocycles. The second kappa shape index (κ2) is 15.5. The van der Waals surface area contributed by atoms with E-state index in [1.165, 1.54) is 109 Å². The molecule has 0 amide bonds. The van der Waals surface area contributed by atoms with Gasteiger partial charge in [-0.2, -0.15) is 0 Å². The SMILES string of the molecule is COCCCCc1ccccc1[C@H]1CC[C@H](CC[C@H]2CC[C@H]([C@H]3CC[C@H](CCCF)CC3)CC2)CC1. The van der Waals surface area contributed by atoms with Crippen LogP contribution in [0, 0.1) is 29.6 Å². The van der Waals surface area contributed by atoms with Crippen molar-refractivity contribution in [3.8, 4) is 0 Å². The van der Waals surface area contributed by atoms with Crippen LogP contribution in [-0.4, -0.2) is 20.4 Å². The first-order valence-corrected chi connectivity index (χ1v) is 15.9. The summed E-state index contributed by atoms with van der Waals surface area (Å²) in [6.45, 7) is 0.771. The van der Waals surface area contributed by atoms with Gasteiger partial charge in [0.15, 0.2) is 0 Å². The maximum Gasteiger partial charge on any atom is 0.0894 e. The lowest BCUT2D eigenvalue weighted by Crippen LogP contribution is -2.26. The molecule has 0 unspecified atom stereocenters.